The van der Waals surface area contributed by atoms with E-state index in [0.29, 0.717) is 0 Å². The highest BCUT2D eigenvalue weighted by atomic mass is 31.2. The van der Waals surface area contributed by atoms with Gasteiger partial charge in [-0.15, -0.1) is 0 Å². The van der Waals surface area contributed by atoms with E-state index in [9.17, 15) is 24.9 Å². The van der Waals surface area contributed by atoms with Crippen LogP contribution < -0.4 is 11.3 Å². The van der Waals surface area contributed by atoms with Crippen LogP contribution in [0, 0.1) is 0 Å². The summed E-state index contributed by atoms with van der Waals surface area (Å²) in [5.74, 6) is -1.14. The molecule has 0 aliphatic carbocycles. The fraction of sp³-hybridized carbons (Fsp3) is 0.294. The van der Waals surface area contributed by atoms with Crippen molar-refractivity contribution in [1.29, 1.82) is 0 Å². The van der Waals surface area contributed by atoms with Crippen LogP contribution in [0.25, 0.3) is 21.6 Å². The van der Waals surface area contributed by atoms with E-state index >= 15 is 0 Å². The number of H-pyrrole nitrogens is 1. The molecule has 29 heteroatoms. The maximum Gasteiger partial charge on any atom is 0.466 e. The molecule has 0 spiro atoms. The molecule has 0 radical (unpaired) electrons. The average molecular weight is 722 g/mol. The molecule has 3 heterocycles. The summed E-state index contributed by atoms with van der Waals surface area (Å²) < 4.78 is 33.4. The van der Waals surface area contributed by atoms with Crippen LogP contribution in [-0.2, 0) is 18.4 Å². The monoisotopic (exact) mass is 722 g/mol. The number of fused-ring (bicyclic) bond motifs is 1. The third-order valence-electron chi connectivity index (χ3n) is 5.06. The van der Waals surface area contributed by atoms with Gasteiger partial charge in [0.05, 0.1) is 12.9 Å². The molecule has 1 aliphatic heterocycles. The minimum Gasteiger partial charge on any atom is -0.394 e. The molecule has 0 saturated carbocycles. The predicted octanol–water partition coefficient (Wildman–Crippen LogP) is -3.28. The van der Waals surface area contributed by atoms with Crippen LogP contribution in [0.1, 0.15) is 16.6 Å². The van der Waals surface area contributed by atoms with E-state index in [1.165, 1.54) is 24.3 Å². The van der Waals surface area contributed by atoms with Crippen molar-refractivity contribution in [2.75, 3.05) is 12.3 Å². The quantitative estimate of drug-likeness (QED) is 0.0403. The molecular formula is C17H25N8O18P3. The van der Waals surface area contributed by atoms with Crippen molar-refractivity contribution >= 4 is 52.1 Å². The fourth-order valence-electron chi connectivity index (χ4n) is 3.53. The van der Waals surface area contributed by atoms with Gasteiger partial charge in [0.2, 0.25) is 5.95 Å². The van der Waals surface area contributed by atoms with Crippen molar-refractivity contribution in [2.45, 2.75) is 24.0 Å². The molecule has 1 fully saturated rings. The molecule has 3 aromatic rings. The van der Waals surface area contributed by atoms with Crippen molar-refractivity contribution in [2.24, 2.45) is 5.11 Å². The third kappa shape index (κ3) is 12.7. The molecule has 4 atom stereocenters. The molecule has 1 saturated heterocycles. The number of aromatic nitrogens is 4. The lowest BCUT2D eigenvalue weighted by Crippen LogP contribution is -2.55. The minimum absolute atomic E-state index is 0.0181. The van der Waals surface area contributed by atoms with E-state index < -0.39 is 65.5 Å². The molecule has 46 heavy (non-hydrogen) atoms. The highest BCUT2D eigenvalue weighted by Gasteiger charge is 2.60. The lowest BCUT2D eigenvalue weighted by molar-refractivity contribution is -0.0697. The Kier molecular flexibility index (Phi) is 14.0. The number of carbonyl (C=O) groups is 1. The lowest BCUT2D eigenvalue weighted by atomic mass is 9.84. The number of nitrogens with one attached hydrogen (secondary N) is 1. The summed E-state index contributed by atoms with van der Waals surface area (Å²) in [5.41, 5.74) is 11.0. The third-order valence-corrected chi connectivity index (χ3v) is 5.06. The number of azide groups is 1. The van der Waals surface area contributed by atoms with Gasteiger partial charge in [-0.25, -0.2) is 18.7 Å². The van der Waals surface area contributed by atoms with E-state index in [-0.39, 0.29) is 28.4 Å². The van der Waals surface area contributed by atoms with Crippen LogP contribution in [0.3, 0.4) is 0 Å². The van der Waals surface area contributed by atoms with Crippen LogP contribution in [0.5, 0.6) is 0 Å². The van der Waals surface area contributed by atoms with E-state index in [1.54, 1.807) is 0 Å². The Balaban J connectivity index is 0.000000589. The largest absolute Gasteiger partial charge is 0.466 e. The zero-order valence-corrected chi connectivity index (χ0v) is 24.9. The molecule has 1 aliphatic rings. The minimum atomic E-state index is -4.64. The molecule has 4 rings (SSSR count). The number of rotatable bonds is 5. The first-order valence-electron chi connectivity index (χ1n) is 11.2. The number of anilines is 1. The second-order valence-corrected chi connectivity index (χ2v) is 11.4. The summed E-state index contributed by atoms with van der Waals surface area (Å²) in [6.07, 6.45) is -3.64. The number of Topliss-reactive ketones (excluding diaryl/α,β-unsaturated/α-hetero) is 1. The first-order valence-corrected chi connectivity index (χ1v) is 15.9. The zero-order chi connectivity index (χ0) is 35.8. The molecular weight excluding hydrogens is 697 g/mol. The Morgan fingerprint density at radius 2 is 1.52 bits per heavy atom. The SMILES string of the molecule is O=P(O)(O)O.O=P(O)(O)O.O=P(O)(O)O.[N-]=[N+]=Nc1ccc(C(=O)[C@@]2(O)[C@@H](CO)O[C@@H](n3cnc4c(=O)[nH]c(N)nc43)[C@@H]2O)cc1. The van der Waals surface area contributed by atoms with E-state index in [1.807, 2.05) is 0 Å². The van der Waals surface area contributed by atoms with Crippen molar-refractivity contribution in [3.8, 4) is 0 Å². The van der Waals surface area contributed by atoms with Gasteiger partial charge < -0.3 is 69.8 Å². The number of hydrogen-bond donors (Lipinski definition) is 14. The van der Waals surface area contributed by atoms with Gasteiger partial charge >= 0.3 is 23.5 Å². The first kappa shape index (κ1) is 40.5. The number of nitrogens with zero attached hydrogens (tertiary/aromatic N) is 6. The van der Waals surface area contributed by atoms with Crippen LogP contribution in [0.4, 0.5) is 11.6 Å². The van der Waals surface area contributed by atoms with E-state index in [0.717, 1.165) is 10.9 Å². The number of aliphatic hydroxyl groups is 3. The average Bonchev–Trinajstić information content (AvgIpc) is 3.40. The smallest absolute Gasteiger partial charge is 0.394 e. The van der Waals surface area contributed by atoms with Gasteiger partial charge in [-0.1, -0.05) is 29.4 Å². The van der Waals surface area contributed by atoms with Gasteiger partial charge in [-0.3, -0.25) is 19.1 Å². The number of aromatic amines is 1. The number of hydrogen-bond acceptors (Lipinski definition) is 13. The molecule has 0 amide bonds. The number of benzene rings is 1. The molecule has 2 aromatic heterocycles. The maximum absolute atomic E-state index is 13.1. The summed E-state index contributed by atoms with van der Waals surface area (Å²) >= 11 is 0. The van der Waals surface area contributed by atoms with Crippen molar-refractivity contribution < 1.29 is 82.6 Å². The van der Waals surface area contributed by atoms with Crippen LogP contribution >= 0.6 is 23.5 Å². The van der Waals surface area contributed by atoms with Gasteiger partial charge in [0, 0.05) is 16.2 Å². The standard InChI is InChI=1S/C17H16N8O6.3H3O4P/c18-16-21-13-10(14(29)22-16)20-6-25(13)15-12(28)17(30,9(5-26)31-15)11(27)7-1-3-8(4-2-7)23-24-19;3*1-5(2,3)4/h1-4,6,9,12,15,26,28,30H,5H2,(H3,18,21,22,29);3*(H3,1,2,3,4)/t9-,12+,15-,17+;;;/m1.../s1. The summed E-state index contributed by atoms with van der Waals surface area (Å²) in [5, 5.41) is 35.2. The second kappa shape index (κ2) is 15.9. The van der Waals surface area contributed by atoms with Crippen LogP contribution in [-0.4, -0.2) is 109 Å². The van der Waals surface area contributed by atoms with Crippen LogP contribution in [0.15, 0.2) is 40.5 Å². The maximum atomic E-state index is 13.1. The Labute approximate surface area is 253 Å². The van der Waals surface area contributed by atoms with Gasteiger partial charge in [0.15, 0.2) is 28.8 Å². The summed E-state index contributed by atoms with van der Waals surface area (Å²) in [7, 11) is -13.9. The van der Waals surface area contributed by atoms with E-state index in [2.05, 4.69) is 25.0 Å². The number of aliphatic hydroxyl groups excluding tert-OH is 2. The Morgan fingerprint density at radius 3 is 1.96 bits per heavy atom. The molecule has 26 nitrogen and oxygen atoms in total. The normalized spacial score (nSPS) is 21.0. The second-order valence-electron chi connectivity index (χ2n) is 8.35. The van der Waals surface area contributed by atoms with E-state index in [4.69, 9.17) is 73.7 Å². The Bertz CT molecular complexity index is 1690. The molecule has 15 N–H and O–H groups in total. The summed E-state index contributed by atoms with van der Waals surface area (Å²) in [6.45, 7) is -0.796. The molecule has 1 aromatic carbocycles. The predicted molar refractivity (Wildman–Crippen MR) is 147 cm³/mol. The number of phosphoric acid groups is 3. The van der Waals surface area contributed by atoms with Crippen molar-refractivity contribution in [3.05, 3.63) is 57.0 Å². The number of imidazole rings is 1. The van der Waals surface area contributed by atoms with Gasteiger partial charge in [-0.05, 0) is 5.53 Å². The molecule has 0 unspecified atom stereocenters. The summed E-state index contributed by atoms with van der Waals surface area (Å²) in [4.78, 5) is 103. The van der Waals surface area contributed by atoms with Gasteiger partial charge in [0.1, 0.15) is 12.2 Å². The Hall–Kier alpha value is -3.48. The van der Waals surface area contributed by atoms with Gasteiger partial charge in [-0.2, -0.15) is 4.98 Å². The molecule has 0 bridgehead atoms. The number of nitrogen functional groups attached to an aromatic ring is 1. The highest BCUT2D eigenvalue weighted by Crippen LogP contribution is 2.40. The first-order chi connectivity index (χ1) is 20.8. The van der Waals surface area contributed by atoms with Gasteiger partial charge in [0.25, 0.3) is 5.56 Å². The Morgan fingerprint density at radius 1 is 1.04 bits per heavy atom. The number of ketones is 1. The summed E-state index contributed by atoms with van der Waals surface area (Å²) in [6, 6.07) is 5.30. The van der Waals surface area contributed by atoms with Crippen LogP contribution in [0.2, 0.25) is 0 Å². The van der Waals surface area contributed by atoms with Crippen molar-refractivity contribution in [3.63, 3.8) is 0 Å². The number of nitrogens with two attached hydrogens (primary N) is 1. The highest BCUT2D eigenvalue weighted by molar-refractivity contribution is 7.45. The number of carbonyl (C=O) groups excluding carboxylic acids is 1. The zero-order valence-electron chi connectivity index (χ0n) is 22.2. The van der Waals surface area contributed by atoms with Crippen molar-refractivity contribution in [1.82, 2.24) is 19.5 Å². The lowest BCUT2D eigenvalue weighted by Gasteiger charge is -2.28. The fourth-order valence-corrected chi connectivity index (χ4v) is 3.53. The number of ether oxygens (including phenoxy) is 1. The molecule has 256 valence electrons. The topological polar surface area (TPSA) is 459 Å².